The van der Waals surface area contributed by atoms with Crippen LogP contribution in [0.2, 0.25) is 0 Å². The molecule has 1 N–H and O–H groups in total. The van der Waals surface area contributed by atoms with Crippen molar-refractivity contribution < 1.29 is 14.3 Å². The molecule has 2 rings (SSSR count). The van der Waals surface area contributed by atoms with Gasteiger partial charge in [0.25, 0.3) is 0 Å². The van der Waals surface area contributed by atoms with Crippen molar-refractivity contribution >= 4 is 29.4 Å². The Kier molecular flexibility index (Phi) is 10.0. The Morgan fingerprint density at radius 2 is 1.90 bits per heavy atom. The number of urea groups is 1. The molecule has 6 heteroatoms. The lowest BCUT2D eigenvalue weighted by molar-refractivity contribution is -0.142. The van der Waals surface area contributed by atoms with Crippen LogP contribution in [-0.4, -0.2) is 31.7 Å². The first-order valence-corrected chi connectivity index (χ1v) is 11.1. The topological polar surface area (TPSA) is 58.6 Å². The summed E-state index contributed by atoms with van der Waals surface area (Å²) in [5, 5.41) is 2.86. The van der Waals surface area contributed by atoms with E-state index in [1.807, 2.05) is 48.5 Å². The average Bonchev–Trinajstić information content (AvgIpc) is 2.74. The van der Waals surface area contributed by atoms with E-state index in [4.69, 9.17) is 4.74 Å². The van der Waals surface area contributed by atoms with Gasteiger partial charge >= 0.3 is 12.0 Å². The van der Waals surface area contributed by atoms with Crippen molar-refractivity contribution in [2.45, 2.75) is 42.9 Å². The van der Waals surface area contributed by atoms with Crippen LogP contribution in [0.4, 0.5) is 10.5 Å². The summed E-state index contributed by atoms with van der Waals surface area (Å²) in [7, 11) is 0. The minimum atomic E-state index is -0.215. The van der Waals surface area contributed by atoms with Gasteiger partial charge in [-0.05, 0) is 49.2 Å². The molecular weight excluding hydrogens is 396 g/mol. The molecule has 0 radical (unpaired) electrons. The van der Waals surface area contributed by atoms with E-state index >= 15 is 0 Å². The molecular formula is C24H30N2O3S. The summed E-state index contributed by atoms with van der Waals surface area (Å²) in [6.07, 6.45) is 3.90. The molecule has 2 amide bonds. The fraction of sp³-hybridized carbons (Fsp3) is 0.333. The molecule has 0 bridgehead atoms. The molecule has 0 aliphatic rings. The van der Waals surface area contributed by atoms with E-state index < -0.39 is 0 Å². The van der Waals surface area contributed by atoms with Crippen LogP contribution >= 0.6 is 11.8 Å². The normalized spacial score (nSPS) is 10.3. The van der Waals surface area contributed by atoms with Gasteiger partial charge in [0, 0.05) is 28.6 Å². The number of nitrogens with zero attached hydrogens (tertiary/aromatic N) is 1. The predicted molar refractivity (Wildman–Crippen MR) is 123 cm³/mol. The molecule has 2 aromatic carbocycles. The third-order valence-corrected chi connectivity index (χ3v) is 5.32. The van der Waals surface area contributed by atoms with Gasteiger partial charge in [0.05, 0.1) is 13.0 Å². The van der Waals surface area contributed by atoms with E-state index in [0.29, 0.717) is 19.7 Å². The first kappa shape index (κ1) is 23.5. The monoisotopic (exact) mass is 426 g/mol. The van der Waals surface area contributed by atoms with E-state index in [1.165, 1.54) is 0 Å². The summed E-state index contributed by atoms with van der Waals surface area (Å²) in [6.45, 7) is 9.06. The van der Waals surface area contributed by atoms with Crippen molar-refractivity contribution in [1.29, 1.82) is 0 Å². The molecule has 0 saturated heterocycles. The highest BCUT2D eigenvalue weighted by Crippen LogP contribution is 2.31. The zero-order valence-corrected chi connectivity index (χ0v) is 18.5. The number of amides is 2. The van der Waals surface area contributed by atoms with Gasteiger partial charge in [-0.15, -0.1) is 6.58 Å². The summed E-state index contributed by atoms with van der Waals surface area (Å²) in [6, 6.07) is 15.7. The molecule has 0 fully saturated rings. The number of carbonyl (C=O) groups excluding carboxylic acids is 2. The second-order valence-electron chi connectivity index (χ2n) is 6.71. The van der Waals surface area contributed by atoms with Crippen molar-refractivity contribution in [3.05, 3.63) is 66.7 Å². The Morgan fingerprint density at radius 1 is 1.13 bits per heavy atom. The third kappa shape index (κ3) is 7.59. The first-order valence-electron chi connectivity index (χ1n) is 10.3. The molecule has 160 valence electrons. The number of nitrogens with one attached hydrogen (secondary N) is 1. The van der Waals surface area contributed by atoms with Crippen LogP contribution in [0.25, 0.3) is 0 Å². The Morgan fingerprint density at radius 3 is 2.57 bits per heavy atom. The third-order valence-electron chi connectivity index (χ3n) is 4.32. The van der Waals surface area contributed by atoms with E-state index in [1.54, 1.807) is 29.7 Å². The standard InChI is InChI=1S/C24H30N2O3S/c1-4-7-16-26(24(28)25-15-5-2)20-9-8-10-22(18-20)30-21-13-11-19(12-14-21)17-23(27)29-6-3/h5,8-14,18H,2,4,6-7,15-17H2,1,3H3,(H,25,28). The number of hydrogen-bond donors (Lipinski definition) is 1. The maximum atomic E-state index is 12.6. The van der Waals surface area contributed by atoms with E-state index in [-0.39, 0.29) is 18.4 Å². The van der Waals surface area contributed by atoms with Gasteiger partial charge in [-0.25, -0.2) is 4.79 Å². The molecule has 5 nitrogen and oxygen atoms in total. The van der Waals surface area contributed by atoms with Crippen LogP contribution in [0.15, 0.2) is 71.0 Å². The smallest absolute Gasteiger partial charge is 0.322 e. The van der Waals surface area contributed by atoms with Gasteiger partial charge in [-0.1, -0.05) is 49.4 Å². The Bertz CT molecular complexity index is 837. The fourth-order valence-corrected chi connectivity index (χ4v) is 3.69. The maximum Gasteiger partial charge on any atom is 0.322 e. The lowest BCUT2D eigenvalue weighted by Gasteiger charge is -2.23. The number of ether oxygens (including phenoxy) is 1. The number of esters is 1. The molecule has 0 spiro atoms. The number of carbonyl (C=O) groups is 2. The second-order valence-corrected chi connectivity index (χ2v) is 7.85. The summed E-state index contributed by atoms with van der Waals surface area (Å²) in [5.41, 5.74) is 1.80. The van der Waals surface area contributed by atoms with Crippen LogP contribution in [-0.2, 0) is 16.0 Å². The summed E-state index contributed by atoms with van der Waals surface area (Å²) in [4.78, 5) is 28.1. The van der Waals surface area contributed by atoms with Crippen LogP contribution in [0.5, 0.6) is 0 Å². The van der Waals surface area contributed by atoms with E-state index in [0.717, 1.165) is 33.9 Å². The molecule has 0 unspecified atom stereocenters. The van der Waals surface area contributed by atoms with Crippen molar-refractivity contribution in [3.63, 3.8) is 0 Å². The van der Waals surface area contributed by atoms with Crippen LogP contribution in [0, 0.1) is 0 Å². The van der Waals surface area contributed by atoms with Crippen molar-refractivity contribution in [2.75, 3.05) is 24.6 Å². The minimum Gasteiger partial charge on any atom is -0.466 e. The molecule has 0 atom stereocenters. The largest absolute Gasteiger partial charge is 0.466 e. The predicted octanol–water partition coefficient (Wildman–Crippen LogP) is 5.45. The highest BCUT2D eigenvalue weighted by atomic mass is 32.2. The van der Waals surface area contributed by atoms with Gasteiger partial charge < -0.3 is 10.1 Å². The molecule has 30 heavy (non-hydrogen) atoms. The molecule has 0 aliphatic heterocycles. The molecule has 0 aliphatic carbocycles. The van der Waals surface area contributed by atoms with Crippen LogP contribution in [0.3, 0.4) is 0 Å². The van der Waals surface area contributed by atoms with Crippen molar-refractivity contribution in [2.24, 2.45) is 0 Å². The zero-order valence-electron chi connectivity index (χ0n) is 17.7. The first-order chi connectivity index (χ1) is 14.6. The summed E-state index contributed by atoms with van der Waals surface area (Å²) in [5.74, 6) is -0.215. The van der Waals surface area contributed by atoms with Crippen LogP contribution < -0.4 is 10.2 Å². The minimum absolute atomic E-state index is 0.117. The lowest BCUT2D eigenvalue weighted by atomic mass is 10.1. The summed E-state index contributed by atoms with van der Waals surface area (Å²) < 4.78 is 4.99. The molecule has 0 aromatic heterocycles. The van der Waals surface area contributed by atoms with Gasteiger partial charge in [0.2, 0.25) is 0 Å². The Hall–Kier alpha value is -2.73. The quantitative estimate of drug-likeness (QED) is 0.384. The number of rotatable bonds is 11. The van der Waals surface area contributed by atoms with Gasteiger partial charge in [-0.2, -0.15) is 0 Å². The second kappa shape index (κ2) is 12.8. The number of benzene rings is 2. The number of unbranched alkanes of at least 4 members (excludes halogenated alkanes) is 1. The lowest BCUT2D eigenvalue weighted by Crippen LogP contribution is -2.40. The van der Waals surface area contributed by atoms with Crippen LogP contribution in [0.1, 0.15) is 32.3 Å². The molecule has 0 heterocycles. The van der Waals surface area contributed by atoms with E-state index in [9.17, 15) is 9.59 Å². The van der Waals surface area contributed by atoms with Crippen molar-refractivity contribution in [3.8, 4) is 0 Å². The maximum absolute atomic E-state index is 12.6. The van der Waals surface area contributed by atoms with E-state index in [2.05, 4.69) is 18.8 Å². The fourth-order valence-electron chi connectivity index (χ4n) is 2.82. The summed E-state index contributed by atoms with van der Waals surface area (Å²) >= 11 is 1.62. The molecule has 0 saturated carbocycles. The SMILES string of the molecule is C=CCNC(=O)N(CCCC)c1cccc(Sc2ccc(CC(=O)OCC)cc2)c1. The number of anilines is 1. The molecule has 2 aromatic rings. The van der Waals surface area contributed by atoms with Gasteiger partial charge in [0.15, 0.2) is 0 Å². The number of hydrogen-bond acceptors (Lipinski definition) is 4. The van der Waals surface area contributed by atoms with Crippen molar-refractivity contribution in [1.82, 2.24) is 5.32 Å². The van der Waals surface area contributed by atoms with Gasteiger partial charge in [-0.3, -0.25) is 9.69 Å². The van der Waals surface area contributed by atoms with Gasteiger partial charge in [0.1, 0.15) is 0 Å². The Labute approximate surface area is 183 Å². The zero-order chi connectivity index (χ0) is 21.8. The Balaban J connectivity index is 2.10. The average molecular weight is 427 g/mol. The highest BCUT2D eigenvalue weighted by molar-refractivity contribution is 7.99. The highest BCUT2D eigenvalue weighted by Gasteiger charge is 2.15.